The molecule has 1 fully saturated rings. The van der Waals surface area contributed by atoms with Gasteiger partial charge in [-0.25, -0.2) is 0 Å². The van der Waals surface area contributed by atoms with Gasteiger partial charge >= 0.3 is 0 Å². The van der Waals surface area contributed by atoms with E-state index in [1.807, 2.05) is 0 Å². The molecule has 0 aromatic heterocycles. The summed E-state index contributed by atoms with van der Waals surface area (Å²) < 4.78 is 0. The number of hydrogen-bond acceptors (Lipinski definition) is 2. The Balaban J connectivity index is 2.61. The van der Waals surface area contributed by atoms with Crippen LogP contribution in [0, 0.1) is 11.8 Å². The Bertz CT molecular complexity index is 240. The van der Waals surface area contributed by atoms with Crippen LogP contribution in [0.25, 0.3) is 0 Å². The van der Waals surface area contributed by atoms with Gasteiger partial charge in [0.2, 0.25) is 0 Å². The van der Waals surface area contributed by atoms with E-state index in [2.05, 4.69) is 44.8 Å². The largest absolute Gasteiger partial charge is 0.314 e. The summed E-state index contributed by atoms with van der Waals surface area (Å²) in [5.41, 5.74) is 0. The number of nitrogens with one attached hydrogen (secondary N) is 1. The number of nitrogens with zero attached hydrogens (tertiary/aromatic N) is 1. The Morgan fingerprint density at radius 1 is 1.10 bits per heavy atom. The molecular weight excluding hydrogens is 244 g/mol. The van der Waals surface area contributed by atoms with Gasteiger partial charge in [-0.15, -0.1) is 0 Å². The van der Waals surface area contributed by atoms with Crippen LogP contribution in [-0.2, 0) is 0 Å². The molecular formula is C18H38N2. The molecule has 2 heteroatoms. The SMILES string of the molecule is CCCC1CCC(NCC)C(CN(CCC)C(C)C)C1. The van der Waals surface area contributed by atoms with Crippen LogP contribution in [0.5, 0.6) is 0 Å². The molecule has 0 aromatic carbocycles. The van der Waals surface area contributed by atoms with Crippen molar-refractivity contribution in [2.45, 2.75) is 85.2 Å². The second-order valence-electron chi connectivity index (χ2n) is 6.98. The molecule has 1 saturated carbocycles. The molecule has 0 heterocycles. The molecule has 0 bridgehead atoms. The summed E-state index contributed by atoms with van der Waals surface area (Å²) in [4.78, 5) is 2.70. The zero-order chi connectivity index (χ0) is 15.0. The van der Waals surface area contributed by atoms with Gasteiger partial charge in [-0.05, 0) is 64.5 Å². The van der Waals surface area contributed by atoms with E-state index in [-0.39, 0.29) is 0 Å². The predicted octanol–water partition coefficient (Wildman–Crippen LogP) is 4.30. The van der Waals surface area contributed by atoms with Gasteiger partial charge in [0.15, 0.2) is 0 Å². The molecule has 3 atom stereocenters. The Morgan fingerprint density at radius 3 is 2.40 bits per heavy atom. The second kappa shape index (κ2) is 9.78. The predicted molar refractivity (Wildman–Crippen MR) is 90.2 cm³/mol. The molecule has 1 N–H and O–H groups in total. The maximum Gasteiger partial charge on any atom is 0.0108 e. The van der Waals surface area contributed by atoms with Gasteiger partial charge in [0.05, 0.1) is 0 Å². The minimum atomic E-state index is 0.684. The lowest BCUT2D eigenvalue weighted by molar-refractivity contribution is 0.117. The summed E-state index contributed by atoms with van der Waals surface area (Å²) in [6.07, 6.45) is 8.34. The van der Waals surface area contributed by atoms with Crippen molar-refractivity contribution in [1.82, 2.24) is 10.2 Å². The smallest absolute Gasteiger partial charge is 0.0108 e. The summed E-state index contributed by atoms with van der Waals surface area (Å²) >= 11 is 0. The molecule has 0 aromatic rings. The molecule has 0 spiro atoms. The molecule has 20 heavy (non-hydrogen) atoms. The highest BCUT2D eigenvalue weighted by molar-refractivity contribution is 4.87. The van der Waals surface area contributed by atoms with Crippen molar-refractivity contribution >= 4 is 0 Å². The first-order chi connectivity index (χ1) is 9.62. The maximum atomic E-state index is 3.76. The average Bonchev–Trinajstić information content (AvgIpc) is 2.41. The average molecular weight is 283 g/mol. The van der Waals surface area contributed by atoms with E-state index in [0.29, 0.717) is 6.04 Å². The van der Waals surface area contributed by atoms with Gasteiger partial charge in [0.25, 0.3) is 0 Å². The minimum Gasteiger partial charge on any atom is -0.314 e. The van der Waals surface area contributed by atoms with Crippen molar-refractivity contribution in [2.75, 3.05) is 19.6 Å². The molecule has 0 amide bonds. The van der Waals surface area contributed by atoms with Crippen LogP contribution in [0.3, 0.4) is 0 Å². The third kappa shape index (κ3) is 5.73. The van der Waals surface area contributed by atoms with Crippen LogP contribution in [0.2, 0.25) is 0 Å². The van der Waals surface area contributed by atoms with E-state index in [0.717, 1.165) is 24.4 Å². The lowest BCUT2D eigenvalue weighted by Gasteiger charge is -2.40. The Kier molecular flexibility index (Phi) is 8.79. The number of hydrogen-bond donors (Lipinski definition) is 1. The molecule has 1 aliphatic rings. The van der Waals surface area contributed by atoms with Gasteiger partial charge in [0, 0.05) is 18.6 Å². The fourth-order valence-corrected chi connectivity index (χ4v) is 3.91. The molecule has 0 radical (unpaired) electrons. The molecule has 0 saturated heterocycles. The minimum absolute atomic E-state index is 0.684. The van der Waals surface area contributed by atoms with Gasteiger partial charge in [-0.2, -0.15) is 0 Å². The van der Waals surface area contributed by atoms with Gasteiger partial charge in [-0.1, -0.05) is 33.6 Å². The molecule has 1 aliphatic carbocycles. The molecule has 0 aliphatic heterocycles. The second-order valence-corrected chi connectivity index (χ2v) is 6.98. The summed E-state index contributed by atoms with van der Waals surface area (Å²) in [5, 5.41) is 3.76. The van der Waals surface area contributed by atoms with Crippen molar-refractivity contribution in [3.63, 3.8) is 0 Å². The Labute approximate surface area is 127 Å². The fourth-order valence-electron chi connectivity index (χ4n) is 3.91. The van der Waals surface area contributed by atoms with Crippen molar-refractivity contribution < 1.29 is 0 Å². The Morgan fingerprint density at radius 2 is 1.85 bits per heavy atom. The van der Waals surface area contributed by atoms with Gasteiger partial charge in [-0.3, -0.25) is 0 Å². The quantitative estimate of drug-likeness (QED) is 0.678. The third-order valence-electron chi connectivity index (χ3n) is 4.96. The van der Waals surface area contributed by atoms with Crippen LogP contribution in [0.1, 0.15) is 73.1 Å². The van der Waals surface area contributed by atoms with E-state index >= 15 is 0 Å². The molecule has 1 rings (SSSR count). The van der Waals surface area contributed by atoms with E-state index < -0.39 is 0 Å². The monoisotopic (exact) mass is 282 g/mol. The molecule has 2 nitrogen and oxygen atoms in total. The lowest BCUT2D eigenvalue weighted by atomic mass is 9.76. The van der Waals surface area contributed by atoms with Crippen LogP contribution >= 0.6 is 0 Å². The number of rotatable bonds is 9. The van der Waals surface area contributed by atoms with Crippen LogP contribution in [0.15, 0.2) is 0 Å². The highest BCUT2D eigenvalue weighted by Gasteiger charge is 2.31. The third-order valence-corrected chi connectivity index (χ3v) is 4.96. The highest BCUT2D eigenvalue weighted by atomic mass is 15.1. The van der Waals surface area contributed by atoms with Gasteiger partial charge < -0.3 is 10.2 Å². The van der Waals surface area contributed by atoms with Gasteiger partial charge in [0.1, 0.15) is 0 Å². The molecule has 3 unspecified atom stereocenters. The van der Waals surface area contributed by atoms with E-state index in [4.69, 9.17) is 0 Å². The summed E-state index contributed by atoms with van der Waals surface area (Å²) in [7, 11) is 0. The first-order valence-electron chi connectivity index (χ1n) is 9.09. The van der Waals surface area contributed by atoms with E-state index in [1.54, 1.807) is 0 Å². The zero-order valence-corrected chi connectivity index (χ0v) is 14.6. The highest BCUT2D eigenvalue weighted by Crippen LogP contribution is 2.33. The summed E-state index contributed by atoms with van der Waals surface area (Å²) in [6, 6.07) is 1.44. The Hall–Kier alpha value is -0.0800. The van der Waals surface area contributed by atoms with Crippen LogP contribution in [0.4, 0.5) is 0 Å². The standard InChI is InChI=1S/C18H38N2/c1-6-9-16-10-11-18(19-8-3)17(13-16)14-20(12-7-2)15(4)5/h15-19H,6-14H2,1-5H3. The fraction of sp³-hybridized carbons (Fsp3) is 1.00. The first kappa shape index (κ1) is 18.0. The zero-order valence-electron chi connectivity index (χ0n) is 14.6. The van der Waals surface area contributed by atoms with Crippen LogP contribution in [-0.4, -0.2) is 36.6 Å². The lowest BCUT2D eigenvalue weighted by Crippen LogP contribution is -2.47. The van der Waals surface area contributed by atoms with Crippen molar-refractivity contribution in [1.29, 1.82) is 0 Å². The summed E-state index contributed by atoms with van der Waals surface area (Å²) in [6.45, 7) is 15.3. The van der Waals surface area contributed by atoms with Crippen molar-refractivity contribution in [2.24, 2.45) is 11.8 Å². The van der Waals surface area contributed by atoms with E-state index in [1.165, 1.54) is 51.6 Å². The first-order valence-corrected chi connectivity index (χ1v) is 9.09. The van der Waals surface area contributed by atoms with Crippen molar-refractivity contribution in [3.8, 4) is 0 Å². The van der Waals surface area contributed by atoms with E-state index in [9.17, 15) is 0 Å². The normalized spacial score (nSPS) is 27.4. The topological polar surface area (TPSA) is 15.3 Å². The maximum absolute atomic E-state index is 3.76. The summed E-state index contributed by atoms with van der Waals surface area (Å²) in [5.74, 6) is 1.84. The van der Waals surface area contributed by atoms with Crippen molar-refractivity contribution in [3.05, 3.63) is 0 Å². The van der Waals surface area contributed by atoms with Crippen LogP contribution < -0.4 is 5.32 Å². The molecule has 120 valence electrons.